The Morgan fingerprint density at radius 1 is 1.57 bits per heavy atom. The highest BCUT2D eigenvalue weighted by Crippen LogP contribution is 2.28. The van der Waals surface area contributed by atoms with Crippen LogP contribution >= 0.6 is 39.1 Å². The SMILES string of the molecule is CC(Oc1ccc(Cl)cc1Br)C(=O)Cl. The molecule has 0 bridgehead atoms. The molecule has 5 heteroatoms. The molecule has 0 aliphatic rings. The topological polar surface area (TPSA) is 26.3 Å². The van der Waals surface area contributed by atoms with Gasteiger partial charge in [0.15, 0.2) is 6.10 Å². The predicted molar refractivity (Wildman–Crippen MR) is 60.1 cm³/mol. The van der Waals surface area contributed by atoms with Gasteiger partial charge in [-0.15, -0.1) is 0 Å². The van der Waals surface area contributed by atoms with Gasteiger partial charge in [0.2, 0.25) is 0 Å². The average Bonchev–Trinajstić information content (AvgIpc) is 2.09. The summed E-state index contributed by atoms with van der Waals surface area (Å²) in [6, 6.07) is 5.03. The first-order chi connectivity index (χ1) is 6.50. The van der Waals surface area contributed by atoms with Gasteiger partial charge in [-0.2, -0.15) is 0 Å². The number of ether oxygens (including phenoxy) is 1. The van der Waals surface area contributed by atoms with Crippen molar-refractivity contribution in [3.63, 3.8) is 0 Å². The molecule has 0 saturated carbocycles. The van der Waals surface area contributed by atoms with E-state index in [1.165, 1.54) is 0 Å². The molecule has 0 aliphatic heterocycles. The molecule has 0 N–H and O–H groups in total. The van der Waals surface area contributed by atoms with E-state index in [1.54, 1.807) is 25.1 Å². The van der Waals surface area contributed by atoms with Gasteiger partial charge in [0, 0.05) is 5.02 Å². The minimum atomic E-state index is -0.672. The quantitative estimate of drug-likeness (QED) is 0.796. The van der Waals surface area contributed by atoms with Crippen molar-refractivity contribution in [1.29, 1.82) is 0 Å². The molecule has 1 aromatic rings. The van der Waals surface area contributed by atoms with E-state index in [0.717, 1.165) is 0 Å². The molecule has 1 atom stereocenters. The second kappa shape index (κ2) is 5.01. The second-order valence-electron chi connectivity index (χ2n) is 2.64. The van der Waals surface area contributed by atoms with E-state index in [-0.39, 0.29) is 0 Å². The molecule has 1 rings (SSSR count). The van der Waals surface area contributed by atoms with E-state index in [1.807, 2.05) is 0 Å². The van der Waals surface area contributed by atoms with E-state index < -0.39 is 11.3 Å². The first kappa shape index (κ1) is 11.8. The van der Waals surface area contributed by atoms with Crippen LogP contribution in [0.4, 0.5) is 0 Å². The Labute approximate surface area is 100 Å². The fourth-order valence-corrected chi connectivity index (χ4v) is 1.63. The third-order valence-electron chi connectivity index (χ3n) is 1.52. The van der Waals surface area contributed by atoms with Crippen LogP contribution in [0.2, 0.25) is 5.02 Å². The summed E-state index contributed by atoms with van der Waals surface area (Å²) in [5.41, 5.74) is 0. The first-order valence-electron chi connectivity index (χ1n) is 3.81. The maximum Gasteiger partial charge on any atom is 0.262 e. The van der Waals surface area contributed by atoms with Gasteiger partial charge >= 0.3 is 0 Å². The molecule has 0 spiro atoms. The monoisotopic (exact) mass is 296 g/mol. The second-order valence-corrected chi connectivity index (χ2v) is 4.30. The molecule has 0 amide bonds. The van der Waals surface area contributed by atoms with Crippen molar-refractivity contribution in [1.82, 2.24) is 0 Å². The summed E-state index contributed by atoms with van der Waals surface area (Å²) in [4.78, 5) is 10.7. The highest BCUT2D eigenvalue weighted by molar-refractivity contribution is 9.10. The first-order valence-corrected chi connectivity index (χ1v) is 5.36. The lowest BCUT2D eigenvalue weighted by Crippen LogP contribution is -2.19. The lowest BCUT2D eigenvalue weighted by Gasteiger charge is -2.11. The molecule has 2 nitrogen and oxygen atoms in total. The zero-order valence-corrected chi connectivity index (χ0v) is 10.4. The van der Waals surface area contributed by atoms with Crippen molar-refractivity contribution in [3.05, 3.63) is 27.7 Å². The Hall–Kier alpha value is -0.250. The fraction of sp³-hybridized carbons (Fsp3) is 0.222. The summed E-state index contributed by atoms with van der Waals surface area (Å²) in [6.45, 7) is 1.58. The summed E-state index contributed by atoms with van der Waals surface area (Å²) in [5, 5.41) is 0.0564. The third-order valence-corrected chi connectivity index (χ3v) is 2.68. The van der Waals surface area contributed by atoms with Crippen LogP contribution in [-0.4, -0.2) is 11.3 Å². The van der Waals surface area contributed by atoms with Crippen LogP contribution in [0.1, 0.15) is 6.92 Å². The molecule has 1 aromatic carbocycles. The summed E-state index contributed by atoms with van der Waals surface area (Å²) < 4.78 is 5.96. The van der Waals surface area contributed by atoms with E-state index in [4.69, 9.17) is 27.9 Å². The lowest BCUT2D eigenvalue weighted by atomic mass is 10.3. The highest BCUT2D eigenvalue weighted by Gasteiger charge is 2.13. The minimum Gasteiger partial charge on any atom is -0.480 e. The zero-order chi connectivity index (χ0) is 10.7. The van der Waals surface area contributed by atoms with Gasteiger partial charge in [-0.3, -0.25) is 4.79 Å². The van der Waals surface area contributed by atoms with Crippen molar-refractivity contribution in [2.24, 2.45) is 0 Å². The molecule has 0 saturated heterocycles. The summed E-state index contributed by atoms with van der Waals surface area (Å²) in [7, 11) is 0. The molecular formula is C9H7BrCl2O2. The largest absolute Gasteiger partial charge is 0.480 e. The summed E-state index contributed by atoms with van der Waals surface area (Å²) in [6.07, 6.45) is -0.672. The van der Waals surface area contributed by atoms with Gasteiger partial charge in [0.1, 0.15) is 5.75 Å². The fourth-order valence-electron chi connectivity index (χ4n) is 0.808. The van der Waals surface area contributed by atoms with Gasteiger partial charge in [-0.25, -0.2) is 0 Å². The maximum absolute atomic E-state index is 10.7. The smallest absolute Gasteiger partial charge is 0.262 e. The average molecular weight is 298 g/mol. The lowest BCUT2D eigenvalue weighted by molar-refractivity contribution is -0.117. The van der Waals surface area contributed by atoms with Crippen LogP contribution in [0.15, 0.2) is 22.7 Å². The van der Waals surface area contributed by atoms with Crippen molar-refractivity contribution in [3.8, 4) is 5.75 Å². The molecule has 0 aromatic heterocycles. The summed E-state index contributed by atoms with van der Waals surface area (Å²) in [5.74, 6) is 0.538. The normalized spacial score (nSPS) is 12.3. The van der Waals surface area contributed by atoms with E-state index in [0.29, 0.717) is 15.2 Å². The maximum atomic E-state index is 10.7. The Morgan fingerprint density at radius 3 is 2.71 bits per heavy atom. The van der Waals surface area contributed by atoms with E-state index in [2.05, 4.69) is 15.9 Å². The molecule has 14 heavy (non-hydrogen) atoms. The predicted octanol–water partition coefficient (Wildman–Crippen LogP) is 3.64. The number of carbonyl (C=O) groups excluding carboxylic acids is 1. The summed E-state index contributed by atoms with van der Waals surface area (Å²) >= 11 is 14.3. The Balaban J connectivity index is 2.82. The number of rotatable bonds is 3. The van der Waals surface area contributed by atoms with Crippen LogP contribution in [0.25, 0.3) is 0 Å². The third kappa shape index (κ3) is 3.15. The standard InChI is InChI=1S/C9H7BrCl2O2/c1-5(9(12)13)14-8-3-2-6(11)4-7(8)10/h2-5H,1H3. The van der Waals surface area contributed by atoms with Crippen molar-refractivity contribution >= 4 is 44.4 Å². The van der Waals surface area contributed by atoms with Crippen LogP contribution < -0.4 is 4.74 Å². The van der Waals surface area contributed by atoms with Gasteiger partial charge in [0.25, 0.3) is 5.24 Å². The van der Waals surface area contributed by atoms with E-state index >= 15 is 0 Å². The van der Waals surface area contributed by atoms with Crippen LogP contribution in [0, 0.1) is 0 Å². The molecule has 0 radical (unpaired) electrons. The van der Waals surface area contributed by atoms with Crippen molar-refractivity contribution in [2.45, 2.75) is 13.0 Å². The highest BCUT2D eigenvalue weighted by atomic mass is 79.9. The Kier molecular flexibility index (Phi) is 4.23. The van der Waals surface area contributed by atoms with Crippen LogP contribution in [-0.2, 0) is 4.79 Å². The minimum absolute atomic E-state index is 0.535. The van der Waals surface area contributed by atoms with E-state index in [9.17, 15) is 4.79 Å². The number of hydrogen-bond donors (Lipinski definition) is 0. The zero-order valence-electron chi connectivity index (χ0n) is 7.26. The molecule has 0 fully saturated rings. The van der Waals surface area contributed by atoms with Gasteiger partial charge in [-0.05, 0) is 52.7 Å². The van der Waals surface area contributed by atoms with Crippen molar-refractivity contribution < 1.29 is 9.53 Å². The molecule has 0 aliphatic carbocycles. The molecule has 0 heterocycles. The Bertz CT molecular complexity index is 355. The number of hydrogen-bond acceptors (Lipinski definition) is 2. The molecule has 1 unspecified atom stereocenters. The number of benzene rings is 1. The number of carbonyl (C=O) groups is 1. The number of halogens is 3. The van der Waals surface area contributed by atoms with Crippen LogP contribution in [0.5, 0.6) is 5.75 Å². The van der Waals surface area contributed by atoms with Gasteiger partial charge in [-0.1, -0.05) is 11.6 Å². The molecule has 76 valence electrons. The van der Waals surface area contributed by atoms with Gasteiger partial charge in [0.05, 0.1) is 4.47 Å². The Morgan fingerprint density at radius 2 is 2.21 bits per heavy atom. The van der Waals surface area contributed by atoms with Gasteiger partial charge < -0.3 is 4.74 Å². The molecular weight excluding hydrogens is 291 g/mol. The van der Waals surface area contributed by atoms with Crippen molar-refractivity contribution in [2.75, 3.05) is 0 Å². The van der Waals surface area contributed by atoms with Crippen LogP contribution in [0.3, 0.4) is 0 Å².